The molecule has 1 aliphatic heterocycles. The fraction of sp³-hybridized carbons (Fsp3) is 0.391. The van der Waals surface area contributed by atoms with E-state index in [-0.39, 0.29) is 29.6 Å². The Labute approximate surface area is 185 Å². The lowest BCUT2D eigenvalue weighted by Crippen LogP contribution is -2.34. The predicted molar refractivity (Wildman–Crippen MR) is 118 cm³/mol. The van der Waals surface area contributed by atoms with Gasteiger partial charge in [-0.1, -0.05) is 25.5 Å². The molecule has 2 heterocycles. The van der Waals surface area contributed by atoms with Crippen LogP contribution in [0.2, 0.25) is 0 Å². The standard InChI is InChI=1S/C23H26N4O5/c1-3-13-10-18(13)25-20(28)15-9-17(21(29)24-2)22(30)26(12-15)11-14-5-4-6-19-16(14)7-8-27(19)23(31)32/h4-6,9,12-13,18H,3,7-8,10-11H2,1-2H3,(H,24,29)(H,25,28)(H,31,32)/t13-,18-/m1/s1. The number of rotatable bonds is 6. The number of anilines is 1. The Morgan fingerprint density at radius 1 is 1.22 bits per heavy atom. The second-order valence-electron chi connectivity index (χ2n) is 8.24. The molecule has 1 aromatic heterocycles. The minimum absolute atomic E-state index is 0.109. The van der Waals surface area contributed by atoms with Gasteiger partial charge < -0.3 is 20.3 Å². The van der Waals surface area contributed by atoms with Gasteiger partial charge in [0.1, 0.15) is 5.56 Å². The van der Waals surface area contributed by atoms with Crippen molar-refractivity contribution in [1.29, 1.82) is 0 Å². The first kappa shape index (κ1) is 21.6. The van der Waals surface area contributed by atoms with Gasteiger partial charge in [0, 0.05) is 25.8 Å². The second kappa shape index (κ2) is 8.49. The highest BCUT2D eigenvalue weighted by molar-refractivity contribution is 5.99. The molecule has 9 nitrogen and oxygen atoms in total. The van der Waals surface area contributed by atoms with E-state index in [0.717, 1.165) is 24.0 Å². The van der Waals surface area contributed by atoms with E-state index in [2.05, 4.69) is 17.6 Å². The second-order valence-corrected chi connectivity index (χ2v) is 8.24. The van der Waals surface area contributed by atoms with Gasteiger partial charge in [-0.15, -0.1) is 0 Å². The maximum atomic E-state index is 13.0. The number of pyridine rings is 1. The van der Waals surface area contributed by atoms with Crippen molar-refractivity contribution < 1.29 is 19.5 Å². The highest BCUT2D eigenvalue weighted by Crippen LogP contribution is 2.33. The Morgan fingerprint density at radius 2 is 2.00 bits per heavy atom. The van der Waals surface area contributed by atoms with Crippen LogP contribution in [0.25, 0.3) is 0 Å². The molecule has 3 amide bonds. The molecule has 2 aliphatic rings. The van der Waals surface area contributed by atoms with Crippen molar-refractivity contribution in [2.45, 2.75) is 38.8 Å². The first-order valence-corrected chi connectivity index (χ1v) is 10.7. The van der Waals surface area contributed by atoms with Crippen LogP contribution in [0.15, 0.2) is 35.3 Å². The first-order chi connectivity index (χ1) is 15.3. The van der Waals surface area contributed by atoms with Crippen LogP contribution >= 0.6 is 0 Å². The summed E-state index contributed by atoms with van der Waals surface area (Å²) in [4.78, 5) is 50.9. The number of hydrogen-bond donors (Lipinski definition) is 3. The van der Waals surface area contributed by atoms with Crippen LogP contribution < -0.4 is 21.1 Å². The quantitative estimate of drug-likeness (QED) is 0.635. The van der Waals surface area contributed by atoms with E-state index in [1.165, 1.54) is 28.8 Å². The molecular weight excluding hydrogens is 412 g/mol. The summed E-state index contributed by atoms with van der Waals surface area (Å²) in [5, 5.41) is 14.8. The minimum atomic E-state index is -1.02. The summed E-state index contributed by atoms with van der Waals surface area (Å²) in [7, 11) is 1.43. The van der Waals surface area contributed by atoms with Gasteiger partial charge in [-0.3, -0.25) is 19.3 Å². The van der Waals surface area contributed by atoms with Crippen molar-refractivity contribution in [2.24, 2.45) is 5.92 Å². The molecule has 0 radical (unpaired) electrons. The summed E-state index contributed by atoms with van der Waals surface area (Å²) in [6.45, 7) is 2.55. The SMILES string of the molecule is CC[C@@H]1C[C@H]1NC(=O)c1cc(C(=O)NC)c(=O)n(Cc2cccc3c2CCN3C(=O)O)c1. The molecular formula is C23H26N4O5. The normalized spacial score (nSPS) is 18.8. The molecule has 1 aromatic carbocycles. The molecule has 9 heteroatoms. The van der Waals surface area contributed by atoms with Crippen LogP contribution in [0.3, 0.4) is 0 Å². The molecule has 1 aliphatic carbocycles. The monoisotopic (exact) mass is 438 g/mol. The van der Waals surface area contributed by atoms with E-state index in [1.54, 1.807) is 12.1 Å². The summed E-state index contributed by atoms with van der Waals surface area (Å²) >= 11 is 0. The number of hydrogen-bond acceptors (Lipinski definition) is 4. The van der Waals surface area contributed by atoms with E-state index in [9.17, 15) is 24.3 Å². The highest BCUT2D eigenvalue weighted by atomic mass is 16.4. The summed E-state index contributed by atoms with van der Waals surface area (Å²) in [5.74, 6) is -0.417. The van der Waals surface area contributed by atoms with Crippen LogP contribution in [-0.2, 0) is 13.0 Å². The van der Waals surface area contributed by atoms with Gasteiger partial charge in [0.2, 0.25) is 0 Å². The van der Waals surface area contributed by atoms with Gasteiger partial charge in [-0.05, 0) is 42.0 Å². The molecule has 0 bridgehead atoms. The number of fused-ring (bicyclic) bond motifs is 1. The topological polar surface area (TPSA) is 121 Å². The van der Waals surface area contributed by atoms with Crippen molar-refractivity contribution in [2.75, 3.05) is 18.5 Å². The number of aromatic nitrogens is 1. The summed E-state index contributed by atoms with van der Waals surface area (Å²) in [6, 6.07) is 6.77. The average Bonchev–Trinajstić information content (AvgIpc) is 3.38. The lowest BCUT2D eigenvalue weighted by atomic mass is 10.0. The number of nitrogens with zero attached hydrogens (tertiary/aromatic N) is 2. The Balaban J connectivity index is 1.70. The molecule has 0 unspecified atom stereocenters. The lowest BCUT2D eigenvalue weighted by Gasteiger charge is -2.15. The Kier molecular flexibility index (Phi) is 5.73. The molecule has 3 N–H and O–H groups in total. The third kappa shape index (κ3) is 3.98. The van der Waals surface area contributed by atoms with Crippen LogP contribution in [0, 0.1) is 5.92 Å². The van der Waals surface area contributed by atoms with E-state index < -0.39 is 17.6 Å². The number of carbonyl (C=O) groups excluding carboxylic acids is 2. The van der Waals surface area contributed by atoms with Crippen LogP contribution in [0.1, 0.15) is 51.6 Å². The van der Waals surface area contributed by atoms with Crippen molar-refractivity contribution in [3.05, 3.63) is 63.1 Å². The van der Waals surface area contributed by atoms with Crippen LogP contribution in [0.4, 0.5) is 10.5 Å². The maximum Gasteiger partial charge on any atom is 0.411 e. The zero-order chi connectivity index (χ0) is 23.0. The van der Waals surface area contributed by atoms with Gasteiger partial charge >= 0.3 is 6.09 Å². The van der Waals surface area contributed by atoms with Gasteiger partial charge in [0.25, 0.3) is 17.4 Å². The van der Waals surface area contributed by atoms with Gasteiger partial charge in [0.05, 0.1) is 17.8 Å². The fourth-order valence-corrected chi connectivity index (χ4v) is 4.34. The van der Waals surface area contributed by atoms with E-state index >= 15 is 0 Å². The number of benzene rings is 1. The third-order valence-electron chi connectivity index (χ3n) is 6.28. The Hall–Kier alpha value is -3.62. The van der Waals surface area contributed by atoms with Crippen LogP contribution in [0.5, 0.6) is 0 Å². The molecule has 2 atom stereocenters. The maximum absolute atomic E-state index is 13.0. The fourth-order valence-electron chi connectivity index (χ4n) is 4.34. The summed E-state index contributed by atoms with van der Waals surface area (Å²) in [5.41, 5.74) is 1.85. The van der Waals surface area contributed by atoms with E-state index in [1.807, 2.05) is 6.07 Å². The third-order valence-corrected chi connectivity index (χ3v) is 6.28. The molecule has 1 fully saturated rings. The average molecular weight is 438 g/mol. The van der Waals surface area contributed by atoms with Crippen molar-refractivity contribution in [1.82, 2.24) is 15.2 Å². The van der Waals surface area contributed by atoms with Crippen molar-refractivity contribution in [3.63, 3.8) is 0 Å². The van der Waals surface area contributed by atoms with Crippen molar-refractivity contribution >= 4 is 23.6 Å². The molecule has 1 saturated carbocycles. The largest absolute Gasteiger partial charge is 0.465 e. The molecule has 2 aromatic rings. The van der Waals surface area contributed by atoms with Crippen LogP contribution in [-0.4, -0.2) is 47.2 Å². The zero-order valence-electron chi connectivity index (χ0n) is 18.1. The molecule has 4 rings (SSSR count). The molecule has 32 heavy (non-hydrogen) atoms. The number of carbonyl (C=O) groups is 3. The zero-order valence-corrected chi connectivity index (χ0v) is 18.1. The van der Waals surface area contributed by atoms with E-state index in [4.69, 9.17) is 0 Å². The van der Waals surface area contributed by atoms with Gasteiger partial charge in [-0.2, -0.15) is 0 Å². The predicted octanol–water partition coefficient (Wildman–Crippen LogP) is 1.83. The summed E-state index contributed by atoms with van der Waals surface area (Å²) in [6.07, 6.45) is 2.90. The van der Waals surface area contributed by atoms with Gasteiger partial charge in [0.15, 0.2) is 0 Å². The van der Waals surface area contributed by atoms with E-state index in [0.29, 0.717) is 24.6 Å². The highest BCUT2D eigenvalue weighted by Gasteiger charge is 2.36. The molecule has 0 spiro atoms. The Morgan fingerprint density at radius 3 is 2.66 bits per heavy atom. The molecule has 168 valence electrons. The first-order valence-electron chi connectivity index (χ1n) is 10.7. The minimum Gasteiger partial charge on any atom is -0.465 e. The smallest absolute Gasteiger partial charge is 0.411 e. The lowest BCUT2D eigenvalue weighted by molar-refractivity contribution is 0.0948. The molecule has 0 saturated heterocycles. The summed E-state index contributed by atoms with van der Waals surface area (Å²) < 4.78 is 1.35. The van der Waals surface area contributed by atoms with Gasteiger partial charge in [-0.25, -0.2) is 4.79 Å². The number of nitrogens with one attached hydrogen (secondary N) is 2. The number of carboxylic acid groups (broad SMARTS) is 1. The number of amides is 3. The van der Waals surface area contributed by atoms with Crippen molar-refractivity contribution in [3.8, 4) is 0 Å². The Bertz CT molecular complexity index is 1160.